The van der Waals surface area contributed by atoms with Crippen molar-refractivity contribution in [3.8, 4) is 5.75 Å². The Morgan fingerprint density at radius 3 is 2.68 bits per heavy atom. The van der Waals surface area contributed by atoms with E-state index in [1.807, 2.05) is 0 Å². The molecule has 1 aromatic rings. The van der Waals surface area contributed by atoms with E-state index in [2.05, 4.69) is 5.10 Å². The van der Waals surface area contributed by atoms with Gasteiger partial charge in [0.1, 0.15) is 6.61 Å². The first kappa shape index (κ1) is 16.3. The van der Waals surface area contributed by atoms with Crippen molar-refractivity contribution in [1.82, 2.24) is 9.19 Å². The zero-order chi connectivity index (χ0) is 13.0. The van der Waals surface area contributed by atoms with Gasteiger partial charge in [-0.2, -0.15) is 9.19 Å². The monoisotopic (exact) mass is 309 g/mol. The minimum absolute atomic E-state index is 0. The van der Waals surface area contributed by atoms with Gasteiger partial charge in [-0.1, -0.05) is 19.3 Å². The molecule has 1 aliphatic carbocycles. The summed E-state index contributed by atoms with van der Waals surface area (Å²) in [6.07, 6.45) is 7.34. The molecule has 2 rings (SSSR count). The van der Waals surface area contributed by atoms with Crippen LogP contribution in [0.3, 0.4) is 0 Å². The summed E-state index contributed by atoms with van der Waals surface area (Å²) in [4.78, 5) is 0. The van der Waals surface area contributed by atoms with Gasteiger partial charge >= 0.3 is 0 Å². The van der Waals surface area contributed by atoms with Crippen molar-refractivity contribution >= 4 is 22.4 Å². The van der Waals surface area contributed by atoms with Crippen LogP contribution >= 0.6 is 12.4 Å². The van der Waals surface area contributed by atoms with Gasteiger partial charge in [-0.3, -0.25) is 0 Å². The van der Waals surface area contributed by atoms with E-state index in [-0.39, 0.29) is 17.7 Å². The van der Waals surface area contributed by atoms with Crippen molar-refractivity contribution in [3.05, 3.63) is 12.4 Å². The number of rotatable bonds is 5. The highest BCUT2D eigenvalue weighted by Crippen LogP contribution is 2.25. The van der Waals surface area contributed by atoms with E-state index >= 15 is 0 Å². The summed E-state index contributed by atoms with van der Waals surface area (Å²) < 4.78 is 30.9. The van der Waals surface area contributed by atoms with Crippen LogP contribution in [0.2, 0.25) is 0 Å². The molecule has 1 saturated carbocycles. The van der Waals surface area contributed by atoms with Gasteiger partial charge < -0.3 is 10.5 Å². The second-order valence-electron chi connectivity index (χ2n) is 4.49. The molecule has 0 unspecified atom stereocenters. The molecule has 0 amide bonds. The van der Waals surface area contributed by atoms with Crippen molar-refractivity contribution < 1.29 is 13.2 Å². The van der Waals surface area contributed by atoms with Crippen LogP contribution in [0.15, 0.2) is 12.4 Å². The Morgan fingerprint density at radius 2 is 2.05 bits per heavy atom. The molecular weight excluding hydrogens is 290 g/mol. The van der Waals surface area contributed by atoms with Crippen molar-refractivity contribution in [3.63, 3.8) is 0 Å². The van der Waals surface area contributed by atoms with E-state index < -0.39 is 10.0 Å². The van der Waals surface area contributed by atoms with Gasteiger partial charge in [0, 0.05) is 6.54 Å². The fraction of sp³-hybridized carbons (Fsp3) is 0.727. The van der Waals surface area contributed by atoms with Gasteiger partial charge in [0.2, 0.25) is 0 Å². The lowest BCUT2D eigenvalue weighted by Gasteiger charge is -2.21. The topological polar surface area (TPSA) is 87.2 Å². The Labute approximate surface area is 119 Å². The molecule has 0 saturated heterocycles. The maximum absolute atomic E-state index is 12.3. The van der Waals surface area contributed by atoms with Crippen LogP contribution in [0.5, 0.6) is 5.75 Å². The third-order valence-electron chi connectivity index (χ3n) is 3.16. The fourth-order valence-corrected chi connectivity index (χ4v) is 3.86. The van der Waals surface area contributed by atoms with Crippen LogP contribution in [0.4, 0.5) is 0 Å². The van der Waals surface area contributed by atoms with Crippen molar-refractivity contribution in [1.29, 1.82) is 0 Å². The number of nitrogens with two attached hydrogens (primary N) is 1. The quantitative estimate of drug-likeness (QED) is 0.881. The van der Waals surface area contributed by atoms with E-state index in [0.717, 1.165) is 36.2 Å². The molecule has 1 aliphatic rings. The summed E-state index contributed by atoms with van der Waals surface area (Å²) >= 11 is 0. The van der Waals surface area contributed by atoms with E-state index in [1.165, 1.54) is 12.4 Å². The molecule has 1 fully saturated rings. The average Bonchev–Trinajstić information content (AvgIpc) is 2.87. The van der Waals surface area contributed by atoms with E-state index in [0.29, 0.717) is 18.9 Å². The molecule has 1 aromatic heterocycles. The predicted octanol–water partition coefficient (Wildman–Crippen LogP) is 1.15. The molecule has 19 heavy (non-hydrogen) atoms. The highest BCUT2D eigenvalue weighted by atomic mass is 35.5. The predicted molar refractivity (Wildman–Crippen MR) is 75.2 cm³/mol. The van der Waals surface area contributed by atoms with Crippen LogP contribution < -0.4 is 10.5 Å². The lowest BCUT2D eigenvalue weighted by molar-refractivity contribution is 0.328. The van der Waals surface area contributed by atoms with Gasteiger partial charge in [0.05, 0.1) is 17.6 Å². The highest BCUT2D eigenvalue weighted by Gasteiger charge is 2.29. The molecule has 0 bridgehead atoms. The summed E-state index contributed by atoms with van der Waals surface area (Å²) in [5.74, 6) is 0.444. The molecule has 1 heterocycles. The number of hydrogen-bond acceptors (Lipinski definition) is 5. The van der Waals surface area contributed by atoms with Gasteiger partial charge in [-0.25, -0.2) is 8.42 Å². The second kappa shape index (κ2) is 7.12. The van der Waals surface area contributed by atoms with Crippen LogP contribution in [-0.2, 0) is 10.0 Å². The van der Waals surface area contributed by atoms with E-state index in [1.54, 1.807) is 0 Å². The molecule has 0 spiro atoms. The zero-order valence-electron chi connectivity index (χ0n) is 10.7. The minimum atomic E-state index is -3.37. The largest absolute Gasteiger partial charge is 0.489 e. The van der Waals surface area contributed by atoms with Crippen LogP contribution in [-0.4, -0.2) is 36.0 Å². The maximum Gasteiger partial charge on any atom is 0.256 e. The average molecular weight is 310 g/mol. The Bertz CT molecular complexity index is 483. The molecular formula is C11H20ClN3O3S. The Balaban J connectivity index is 0.00000180. The Hall–Kier alpha value is -0.790. The van der Waals surface area contributed by atoms with Gasteiger partial charge in [-0.15, -0.1) is 12.4 Å². The molecule has 110 valence electrons. The molecule has 6 nitrogen and oxygen atoms in total. The molecule has 0 radical (unpaired) electrons. The standard InChI is InChI=1S/C11H19N3O3S.ClH/c12-6-7-17-10-8-13-14(9-10)18(15,16)11-4-2-1-3-5-11;/h8-9,11H,1-7,12H2;1H. The normalized spacial score (nSPS) is 16.9. The molecule has 2 N–H and O–H groups in total. The summed E-state index contributed by atoms with van der Waals surface area (Å²) in [7, 11) is -3.37. The summed E-state index contributed by atoms with van der Waals surface area (Å²) in [6.45, 7) is 0.746. The summed E-state index contributed by atoms with van der Waals surface area (Å²) in [6, 6.07) is 0. The van der Waals surface area contributed by atoms with Crippen molar-refractivity contribution in [2.75, 3.05) is 13.2 Å². The zero-order valence-corrected chi connectivity index (χ0v) is 12.3. The van der Waals surface area contributed by atoms with Gasteiger partial charge in [0.25, 0.3) is 10.0 Å². The van der Waals surface area contributed by atoms with Crippen molar-refractivity contribution in [2.45, 2.75) is 37.4 Å². The molecule has 8 heteroatoms. The Morgan fingerprint density at radius 1 is 1.37 bits per heavy atom. The minimum Gasteiger partial charge on any atom is -0.489 e. The van der Waals surface area contributed by atoms with Crippen molar-refractivity contribution in [2.24, 2.45) is 5.73 Å². The smallest absolute Gasteiger partial charge is 0.256 e. The third-order valence-corrected chi connectivity index (χ3v) is 5.19. The number of nitrogens with zero attached hydrogens (tertiary/aromatic N) is 2. The fourth-order valence-electron chi connectivity index (χ4n) is 2.20. The molecule has 0 atom stereocenters. The maximum atomic E-state index is 12.3. The van der Waals surface area contributed by atoms with Gasteiger partial charge in [-0.05, 0) is 12.8 Å². The van der Waals surface area contributed by atoms with Gasteiger partial charge in [0.15, 0.2) is 5.75 Å². The summed E-state index contributed by atoms with van der Waals surface area (Å²) in [5.41, 5.74) is 5.32. The molecule has 0 aliphatic heterocycles. The number of aromatic nitrogens is 2. The molecule has 0 aromatic carbocycles. The lowest BCUT2D eigenvalue weighted by Crippen LogP contribution is -2.29. The first-order chi connectivity index (χ1) is 8.64. The van der Waals surface area contributed by atoms with Crippen LogP contribution in [0.1, 0.15) is 32.1 Å². The number of hydrogen-bond donors (Lipinski definition) is 1. The third kappa shape index (κ3) is 3.84. The first-order valence-corrected chi connectivity index (χ1v) is 7.77. The Kier molecular flexibility index (Phi) is 6.09. The highest BCUT2D eigenvalue weighted by molar-refractivity contribution is 7.90. The van der Waals surface area contributed by atoms with Crippen LogP contribution in [0.25, 0.3) is 0 Å². The van der Waals surface area contributed by atoms with Crippen LogP contribution in [0, 0.1) is 0 Å². The number of ether oxygens (including phenoxy) is 1. The van der Waals surface area contributed by atoms with E-state index in [9.17, 15) is 8.42 Å². The SMILES string of the molecule is Cl.NCCOc1cnn(S(=O)(=O)C2CCCCC2)c1. The second-order valence-corrected chi connectivity index (χ2v) is 6.56. The first-order valence-electron chi connectivity index (χ1n) is 6.26. The number of halogens is 1. The lowest BCUT2D eigenvalue weighted by atomic mass is 10.0. The van der Waals surface area contributed by atoms with E-state index in [4.69, 9.17) is 10.5 Å². The summed E-state index contributed by atoms with van der Waals surface area (Å²) in [5, 5.41) is 3.57.